The molecule has 0 bridgehead atoms. The molecule has 2 aliphatic rings. The van der Waals surface area contributed by atoms with Gasteiger partial charge in [0.1, 0.15) is 0 Å². The van der Waals surface area contributed by atoms with Crippen LogP contribution in [0, 0.1) is 5.92 Å². The van der Waals surface area contributed by atoms with Gasteiger partial charge in [0.2, 0.25) is 11.8 Å². The predicted octanol–water partition coefficient (Wildman–Crippen LogP) is 1.35. The summed E-state index contributed by atoms with van der Waals surface area (Å²) in [6.07, 6.45) is 6.38. The van der Waals surface area contributed by atoms with E-state index in [1.807, 2.05) is 37.2 Å². The molecule has 29 heavy (non-hydrogen) atoms. The summed E-state index contributed by atoms with van der Waals surface area (Å²) < 4.78 is 0. The van der Waals surface area contributed by atoms with Crippen molar-refractivity contribution in [2.75, 3.05) is 46.8 Å². The lowest BCUT2D eigenvalue weighted by Gasteiger charge is -2.42. The van der Waals surface area contributed by atoms with Gasteiger partial charge in [0.15, 0.2) is 0 Å². The molecule has 1 atom stereocenters. The van der Waals surface area contributed by atoms with Crippen LogP contribution in [0.3, 0.4) is 0 Å². The Bertz CT molecular complexity index is 658. The first-order valence-electron chi connectivity index (χ1n) is 10.9. The molecule has 1 aromatic heterocycles. The Morgan fingerprint density at radius 1 is 1.17 bits per heavy atom. The van der Waals surface area contributed by atoms with Crippen LogP contribution in [0.5, 0.6) is 0 Å². The van der Waals surface area contributed by atoms with Crippen molar-refractivity contribution in [2.45, 2.75) is 44.7 Å². The molecule has 1 aromatic rings. The minimum absolute atomic E-state index is 0.0483. The molecule has 0 aliphatic carbocycles. The zero-order valence-corrected chi connectivity index (χ0v) is 17.8. The van der Waals surface area contributed by atoms with Gasteiger partial charge in [-0.2, -0.15) is 0 Å². The van der Waals surface area contributed by atoms with Crippen LogP contribution in [0.4, 0.5) is 0 Å². The highest BCUT2D eigenvalue weighted by atomic mass is 16.2. The fourth-order valence-corrected chi connectivity index (χ4v) is 4.33. The lowest BCUT2D eigenvalue weighted by Crippen LogP contribution is -2.51. The maximum atomic E-state index is 12.6. The Hall–Kier alpha value is -1.99. The van der Waals surface area contributed by atoms with Crippen molar-refractivity contribution in [3.8, 4) is 0 Å². The van der Waals surface area contributed by atoms with Crippen LogP contribution in [0.2, 0.25) is 0 Å². The second kappa shape index (κ2) is 10.7. The number of rotatable bonds is 7. The average molecular weight is 402 g/mol. The van der Waals surface area contributed by atoms with Gasteiger partial charge >= 0.3 is 0 Å². The molecule has 1 N–H and O–H groups in total. The maximum absolute atomic E-state index is 12.6. The number of hydrogen-bond acceptors (Lipinski definition) is 5. The van der Waals surface area contributed by atoms with Crippen LogP contribution in [0.25, 0.3) is 0 Å². The fourth-order valence-electron chi connectivity index (χ4n) is 4.33. The maximum Gasteiger partial charge on any atom is 0.224 e. The van der Waals surface area contributed by atoms with Crippen molar-refractivity contribution in [3.05, 3.63) is 30.1 Å². The molecule has 7 heteroatoms. The Kier molecular flexibility index (Phi) is 8.00. The van der Waals surface area contributed by atoms with Crippen molar-refractivity contribution in [1.82, 2.24) is 25.0 Å². The van der Waals surface area contributed by atoms with Gasteiger partial charge in [-0.1, -0.05) is 6.07 Å². The molecule has 2 saturated heterocycles. The summed E-state index contributed by atoms with van der Waals surface area (Å²) in [5, 5.41) is 3.05. The molecule has 3 rings (SSSR count). The third-order valence-electron chi connectivity index (χ3n) is 6.10. The van der Waals surface area contributed by atoms with E-state index in [2.05, 4.69) is 20.1 Å². The number of piperidine rings is 2. The topological polar surface area (TPSA) is 68.8 Å². The summed E-state index contributed by atoms with van der Waals surface area (Å²) in [7, 11) is 4.00. The first-order valence-corrected chi connectivity index (χ1v) is 10.9. The quantitative estimate of drug-likeness (QED) is 0.747. The van der Waals surface area contributed by atoms with Crippen molar-refractivity contribution in [1.29, 1.82) is 0 Å². The number of pyridine rings is 1. The molecule has 0 radical (unpaired) electrons. The van der Waals surface area contributed by atoms with Crippen molar-refractivity contribution in [3.63, 3.8) is 0 Å². The van der Waals surface area contributed by atoms with Crippen LogP contribution in [0.15, 0.2) is 24.4 Å². The summed E-state index contributed by atoms with van der Waals surface area (Å²) in [5.74, 6) is 0.450. The van der Waals surface area contributed by atoms with Gasteiger partial charge in [-0.05, 0) is 58.5 Å². The highest BCUT2D eigenvalue weighted by Crippen LogP contribution is 2.24. The first kappa shape index (κ1) is 21.7. The molecule has 3 heterocycles. The number of hydrogen-bond donors (Lipinski definition) is 1. The Labute approximate surface area is 174 Å². The van der Waals surface area contributed by atoms with Crippen LogP contribution < -0.4 is 5.32 Å². The smallest absolute Gasteiger partial charge is 0.224 e. The van der Waals surface area contributed by atoms with E-state index in [-0.39, 0.29) is 17.7 Å². The fraction of sp³-hybridized carbons (Fsp3) is 0.682. The van der Waals surface area contributed by atoms with E-state index in [1.165, 1.54) is 0 Å². The number of carbonyl (C=O) groups is 2. The van der Waals surface area contributed by atoms with Crippen LogP contribution >= 0.6 is 0 Å². The van der Waals surface area contributed by atoms with E-state index in [1.54, 1.807) is 6.20 Å². The second-order valence-electron chi connectivity index (χ2n) is 8.54. The average Bonchev–Trinajstić information content (AvgIpc) is 2.76. The molecular formula is C22H35N5O2. The lowest BCUT2D eigenvalue weighted by molar-refractivity contribution is -0.133. The number of likely N-dealkylation sites (tertiary alicyclic amines) is 2. The summed E-state index contributed by atoms with van der Waals surface area (Å²) in [5.41, 5.74) is 0.889. The number of aromatic nitrogens is 1. The van der Waals surface area contributed by atoms with Crippen LogP contribution in [0.1, 0.15) is 37.8 Å². The van der Waals surface area contributed by atoms with E-state index < -0.39 is 0 Å². The van der Waals surface area contributed by atoms with Crippen molar-refractivity contribution < 1.29 is 9.59 Å². The number of nitrogens with one attached hydrogen (secondary N) is 1. The van der Waals surface area contributed by atoms with Crippen molar-refractivity contribution in [2.24, 2.45) is 5.92 Å². The summed E-state index contributed by atoms with van der Waals surface area (Å²) in [4.78, 5) is 35.8. The molecule has 160 valence electrons. The Morgan fingerprint density at radius 2 is 1.97 bits per heavy atom. The standard InChI is InChI=1S/C22H35N5O2/c1-25(2)13-10-21(28)26-14-8-20(9-15-26)27-12-5-6-18(17-27)22(29)24-16-19-7-3-4-11-23-19/h3-4,7,11,18,20H,5-6,8-10,12-17H2,1-2H3,(H,24,29)/t18-/m0/s1. The third kappa shape index (κ3) is 6.51. The van der Waals surface area contributed by atoms with Gasteiger partial charge in [-0.3, -0.25) is 19.5 Å². The highest BCUT2D eigenvalue weighted by Gasteiger charge is 2.32. The zero-order valence-electron chi connectivity index (χ0n) is 17.8. The largest absolute Gasteiger partial charge is 0.350 e. The summed E-state index contributed by atoms with van der Waals surface area (Å²) >= 11 is 0. The number of carbonyl (C=O) groups excluding carboxylic acids is 2. The van der Waals surface area contributed by atoms with Crippen LogP contribution in [-0.4, -0.2) is 84.4 Å². The molecule has 0 unspecified atom stereocenters. The summed E-state index contributed by atoms with van der Waals surface area (Å²) in [6.45, 7) is 4.86. The van der Waals surface area contributed by atoms with Gasteiger partial charge in [-0.25, -0.2) is 0 Å². The van der Waals surface area contributed by atoms with Gasteiger partial charge in [0.05, 0.1) is 18.2 Å². The molecule has 2 aliphatic heterocycles. The molecule has 7 nitrogen and oxygen atoms in total. The monoisotopic (exact) mass is 401 g/mol. The Morgan fingerprint density at radius 3 is 2.66 bits per heavy atom. The van der Waals surface area contributed by atoms with Crippen LogP contribution in [-0.2, 0) is 16.1 Å². The molecule has 0 spiro atoms. The molecule has 0 saturated carbocycles. The zero-order chi connectivity index (χ0) is 20.6. The first-order chi connectivity index (χ1) is 14.0. The van der Waals surface area contributed by atoms with Gasteiger partial charge in [0, 0.05) is 44.8 Å². The molecular weight excluding hydrogens is 366 g/mol. The minimum atomic E-state index is 0.0483. The van der Waals surface area contributed by atoms with Gasteiger partial charge in [-0.15, -0.1) is 0 Å². The van der Waals surface area contributed by atoms with E-state index in [0.717, 1.165) is 64.1 Å². The normalized spacial score (nSPS) is 21.3. The van der Waals surface area contributed by atoms with Gasteiger partial charge < -0.3 is 15.1 Å². The molecule has 0 aromatic carbocycles. The van der Waals surface area contributed by atoms with E-state index in [9.17, 15) is 9.59 Å². The lowest BCUT2D eigenvalue weighted by atomic mass is 9.93. The summed E-state index contributed by atoms with van der Waals surface area (Å²) in [6, 6.07) is 6.24. The number of nitrogens with zero attached hydrogens (tertiary/aromatic N) is 4. The predicted molar refractivity (Wildman–Crippen MR) is 113 cm³/mol. The molecule has 2 amide bonds. The Balaban J connectivity index is 1.42. The van der Waals surface area contributed by atoms with E-state index in [0.29, 0.717) is 19.0 Å². The van der Waals surface area contributed by atoms with Gasteiger partial charge in [0.25, 0.3) is 0 Å². The van der Waals surface area contributed by atoms with E-state index in [4.69, 9.17) is 0 Å². The number of amides is 2. The SMILES string of the molecule is CN(C)CCC(=O)N1CCC(N2CCC[C@H](C(=O)NCc3ccccn3)C2)CC1. The third-order valence-corrected chi connectivity index (χ3v) is 6.10. The van der Waals surface area contributed by atoms with E-state index >= 15 is 0 Å². The van der Waals surface area contributed by atoms with Crippen molar-refractivity contribution >= 4 is 11.8 Å². The minimum Gasteiger partial charge on any atom is -0.350 e. The second-order valence-corrected chi connectivity index (χ2v) is 8.54. The highest BCUT2D eigenvalue weighted by molar-refractivity contribution is 5.79. The molecule has 2 fully saturated rings.